The number of halogens is 4. The molecule has 0 atom stereocenters. The molecule has 28 heavy (non-hydrogen) atoms. The largest absolute Gasteiger partial charge is 0.335 e. The molecule has 4 nitrogen and oxygen atoms in total. The third kappa shape index (κ3) is 1.91. The van der Waals surface area contributed by atoms with E-state index < -0.39 is 23.3 Å². The lowest BCUT2D eigenvalue weighted by Gasteiger charge is -2.22. The highest BCUT2D eigenvalue weighted by Gasteiger charge is 2.32. The molecule has 1 aliphatic heterocycles. The van der Waals surface area contributed by atoms with Gasteiger partial charge in [-0.05, 0) is 18.2 Å². The first-order valence-electron chi connectivity index (χ1n) is 8.34. The van der Waals surface area contributed by atoms with E-state index in [0.717, 1.165) is 10.9 Å². The van der Waals surface area contributed by atoms with Gasteiger partial charge in [0.1, 0.15) is 0 Å². The number of aromatic nitrogens is 1. The van der Waals surface area contributed by atoms with Crippen LogP contribution in [-0.2, 0) is 6.54 Å². The summed E-state index contributed by atoms with van der Waals surface area (Å²) >= 11 is 0. The van der Waals surface area contributed by atoms with E-state index in [4.69, 9.17) is 10.9 Å². The molecule has 3 N–H and O–H groups in total. The number of para-hydroxylation sites is 1. The number of nitrogens with one attached hydrogen (secondary N) is 1. The highest BCUT2D eigenvalue weighted by atomic mass is 19.2. The van der Waals surface area contributed by atoms with Crippen LogP contribution in [0.25, 0.3) is 32.9 Å². The summed E-state index contributed by atoms with van der Waals surface area (Å²) in [4.78, 5) is 0. The fraction of sp³-hybridized carbons (Fsp3) is 0.0500. The van der Waals surface area contributed by atoms with E-state index in [9.17, 15) is 17.6 Å². The van der Waals surface area contributed by atoms with Crippen LogP contribution in [-0.4, -0.2) is 10.4 Å². The number of hydrogen-bond acceptors (Lipinski definition) is 1. The first kappa shape index (κ1) is 16.6. The summed E-state index contributed by atoms with van der Waals surface area (Å²) in [6, 6.07) is 10.3. The van der Waals surface area contributed by atoms with E-state index in [2.05, 4.69) is 5.11 Å². The summed E-state index contributed by atoms with van der Waals surface area (Å²) in [6.07, 6.45) is 0. The highest BCUT2D eigenvalue weighted by molar-refractivity contribution is 6.16. The van der Waals surface area contributed by atoms with E-state index in [1.165, 1.54) is 6.07 Å². The molecule has 5 rings (SSSR count). The van der Waals surface area contributed by atoms with Crippen LogP contribution in [0.5, 0.6) is 0 Å². The Labute approximate surface area is 155 Å². The van der Waals surface area contributed by atoms with Crippen LogP contribution in [0.15, 0.2) is 41.5 Å². The third-order valence-electron chi connectivity index (χ3n) is 5.22. The van der Waals surface area contributed by atoms with Gasteiger partial charge in [0.2, 0.25) is 5.84 Å². The highest BCUT2D eigenvalue weighted by Crippen LogP contribution is 2.44. The van der Waals surface area contributed by atoms with E-state index in [0.29, 0.717) is 10.9 Å². The van der Waals surface area contributed by atoms with E-state index >= 15 is 0 Å². The summed E-state index contributed by atoms with van der Waals surface area (Å²) in [5.41, 5.74) is 6.28. The zero-order valence-electron chi connectivity index (χ0n) is 14.2. The summed E-state index contributed by atoms with van der Waals surface area (Å²) in [5.74, 6) is -6.86. The van der Waals surface area contributed by atoms with Gasteiger partial charge in [-0.2, -0.15) is 5.53 Å². The lowest BCUT2D eigenvalue weighted by molar-refractivity contribution is -0.207. The summed E-state index contributed by atoms with van der Waals surface area (Å²) in [6.45, 7) is -0.148. The van der Waals surface area contributed by atoms with Crippen molar-refractivity contribution in [2.75, 3.05) is 0 Å². The second kappa shape index (κ2) is 5.48. The van der Waals surface area contributed by atoms with Crippen molar-refractivity contribution < 1.29 is 23.1 Å². The molecule has 0 unspecified atom stereocenters. The number of rotatable bonds is 1. The van der Waals surface area contributed by atoms with Gasteiger partial charge in [-0.25, -0.2) is 17.6 Å². The zero-order valence-corrected chi connectivity index (χ0v) is 14.2. The number of amidine groups is 1. The van der Waals surface area contributed by atoms with Gasteiger partial charge < -0.3 is 4.57 Å². The Hall–Kier alpha value is -3.55. The van der Waals surface area contributed by atoms with Gasteiger partial charge in [0, 0.05) is 43.7 Å². The Bertz CT molecular complexity index is 1370. The third-order valence-corrected chi connectivity index (χ3v) is 5.22. The molecule has 0 spiro atoms. The summed E-state index contributed by atoms with van der Waals surface area (Å²) in [5, 5.41) is 12.7. The Morgan fingerprint density at radius 2 is 1.68 bits per heavy atom. The second-order valence-electron chi connectivity index (χ2n) is 6.61. The number of nitrogens with zero attached hydrogens (tertiary/aromatic N) is 2. The monoisotopic (exact) mass is 383 g/mol. The fourth-order valence-corrected chi connectivity index (χ4v) is 4.02. The molecule has 0 fully saturated rings. The van der Waals surface area contributed by atoms with Crippen LogP contribution in [0.1, 0.15) is 11.1 Å². The minimum absolute atomic E-state index is 0.148. The van der Waals surface area contributed by atoms with Gasteiger partial charge in [-0.15, -0.1) is 0 Å². The molecule has 1 aromatic heterocycles. The lowest BCUT2D eigenvalue weighted by atomic mass is 9.91. The maximum absolute atomic E-state index is 14.7. The van der Waals surface area contributed by atoms with Crippen LogP contribution in [0.4, 0.5) is 17.6 Å². The Kier molecular flexibility index (Phi) is 3.25. The van der Waals surface area contributed by atoms with Gasteiger partial charge >= 0.3 is 0 Å². The van der Waals surface area contributed by atoms with Crippen LogP contribution in [0.3, 0.4) is 0 Å². The summed E-state index contributed by atoms with van der Waals surface area (Å²) < 4.78 is 58.9. The first-order valence-corrected chi connectivity index (χ1v) is 8.34. The van der Waals surface area contributed by atoms with Crippen LogP contribution < -0.4 is 5.53 Å². The quantitative estimate of drug-likeness (QED) is 0.110. The molecule has 2 heterocycles. The van der Waals surface area contributed by atoms with Gasteiger partial charge in [0.05, 0.1) is 12.1 Å². The second-order valence-corrected chi connectivity index (χ2v) is 6.61. The van der Waals surface area contributed by atoms with Crippen molar-refractivity contribution in [1.29, 1.82) is 5.41 Å². The molecule has 0 aliphatic carbocycles. The SMILES string of the molecule is N=C(N=[NH2+])c1cc2c3c(c1)c1ccccc1n3Cc1c(F)c(F)c(F)c(F)c1-2. The van der Waals surface area contributed by atoms with Crippen LogP contribution in [0.2, 0.25) is 0 Å². The fourth-order valence-electron chi connectivity index (χ4n) is 4.02. The van der Waals surface area contributed by atoms with Gasteiger partial charge in [-0.3, -0.25) is 5.41 Å². The topological polar surface area (TPSA) is 66.7 Å². The molecule has 0 bridgehead atoms. The van der Waals surface area contributed by atoms with Gasteiger partial charge in [0.15, 0.2) is 23.3 Å². The van der Waals surface area contributed by atoms with Crippen molar-refractivity contribution in [1.82, 2.24) is 4.57 Å². The van der Waals surface area contributed by atoms with E-state index in [1.54, 1.807) is 22.8 Å². The number of nitrogens with two attached hydrogens (primary N) is 1. The van der Waals surface area contributed by atoms with Crippen molar-refractivity contribution in [3.05, 3.63) is 70.8 Å². The summed E-state index contributed by atoms with van der Waals surface area (Å²) in [7, 11) is 0. The maximum Gasteiger partial charge on any atom is 0.218 e. The lowest BCUT2D eigenvalue weighted by Crippen LogP contribution is -2.26. The van der Waals surface area contributed by atoms with E-state index in [1.807, 2.05) is 12.1 Å². The van der Waals surface area contributed by atoms with Crippen molar-refractivity contribution in [3.63, 3.8) is 0 Å². The molecule has 3 aromatic carbocycles. The molecular weight excluding hydrogens is 372 g/mol. The van der Waals surface area contributed by atoms with Crippen molar-refractivity contribution >= 4 is 27.6 Å². The van der Waals surface area contributed by atoms with Crippen molar-refractivity contribution in [3.8, 4) is 11.1 Å². The van der Waals surface area contributed by atoms with Crippen LogP contribution >= 0.6 is 0 Å². The molecule has 138 valence electrons. The number of hydrogen-bond donors (Lipinski definition) is 2. The van der Waals surface area contributed by atoms with E-state index in [-0.39, 0.29) is 34.6 Å². The molecule has 8 heteroatoms. The molecule has 1 aliphatic rings. The Balaban J connectivity index is 2.04. The predicted octanol–water partition coefficient (Wildman–Crippen LogP) is 3.92. The van der Waals surface area contributed by atoms with Crippen LogP contribution in [0, 0.1) is 28.7 Å². The molecule has 0 saturated carbocycles. The average Bonchev–Trinajstić information content (AvgIpc) is 3.04. The standard InChI is InChI=1S/C20H10F4N4/c21-15-12-7-28-13-4-2-1-3-9(13)10-5-8(20(25)27-26)6-11(19(10)28)14(12)16(22)18(24)17(15)23/h1-6,25-26H,7H2/p+1. The van der Waals surface area contributed by atoms with Crippen molar-refractivity contribution in [2.45, 2.75) is 6.54 Å². The van der Waals surface area contributed by atoms with Gasteiger partial charge in [0.25, 0.3) is 0 Å². The first-order chi connectivity index (χ1) is 13.4. The molecule has 0 amide bonds. The number of fused-ring (bicyclic) bond motifs is 5. The Morgan fingerprint density at radius 1 is 0.964 bits per heavy atom. The molecule has 0 saturated heterocycles. The van der Waals surface area contributed by atoms with Gasteiger partial charge in [-0.1, -0.05) is 18.2 Å². The molecule has 4 aromatic rings. The van der Waals surface area contributed by atoms with Crippen molar-refractivity contribution in [2.24, 2.45) is 5.11 Å². The Morgan fingerprint density at radius 3 is 2.43 bits per heavy atom. The number of benzene rings is 3. The smallest absolute Gasteiger partial charge is 0.218 e. The predicted molar refractivity (Wildman–Crippen MR) is 95.0 cm³/mol. The maximum atomic E-state index is 14.7. The normalized spacial score (nSPS) is 12.4. The zero-order chi connectivity index (χ0) is 19.7. The average molecular weight is 383 g/mol. The minimum Gasteiger partial charge on any atom is -0.335 e. The minimum atomic E-state index is -1.86. The molecule has 0 radical (unpaired) electrons. The molecular formula is C20H11F4N4+.